The summed E-state index contributed by atoms with van der Waals surface area (Å²) < 4.78 is 8.02. The molecule has 0 atom stereocenters. The minimum Gasteiger partial charge on any atom is -0.494 e. The van der Waals surface area contributed by atoms with E-state index in [1.165, 1.54) is 0 Å². The van der Waals surface area contributed by atoms with Crippen LogP contribution in [0.15, 0.2) is 24.3 Å². The van der Waals surface area contributed by atoms with Crippen LogP contribution in [-0.2, 0) is 0 Å². The van der Waals surface area contributed by atoms with Crippen LogP contribution in [-0.4, -0.2) is 12.5 Å². The molecule has 0 saturated carbocycles. The lowest BCUT2D eigenvalue weighted by Crippen LogP contribution is -2.11. The van der Waals surface area contributed by atoms with Gasteiger partial charge in [0.1, 0.15) is 5.75 Å². The standard InChI is InChI=1S/C11H14INO2/c1-2-3-8-15-10-6-4-9(5-7-10)11(14)13-12/h4-7H,2-3,8H2,1H3,(H,13,14). The molecule has 0 aliphatic carbocycles. The average Bonchev–Trinajstić information content (AvgIpc) is 2.29. The Morgan fingerprint density at radius 3 is 2.60 bits per heavy atom. The summed E-state index contributed by atoms with van der Waals surface area (Å²) in [7, 11) is 0. The van der Waals surface area contributed by atoms with Gasteiger partial charge in [0, 0.05) is 5.56 Å². The third kappa shape index (κ3) is 4.07. The molecule has 1 aromatic carbocycles. The van der Waals surface area contributed by atoms with Gasteiger partial charge in [-0.25, -0.2) is 0 Å². The highest BCUT2D eigenvalue weighted by Crippen LogP contribution is 2.12. The predicted octanol–water partition coefficient (Wildman–Crippen LogP) is 2.95. The van der Waals surface area contributed by atoms with E-state index in [2.05, 4.69) is 10.5 Å². The summed E-state index contributed by atoms with van der Waals surface area (Å²) >= 11 is 1.82. The van der Waals surface area contributed by atoms with Gasteiger partial charge in [0.2, 0.25) is 0 Å². The van der Waals surface area contributed by atoms with Crippen molar-refractivity contribution in [1.29, 1.82) is 0 Å². The molecular formula is C11H14INO2. The number of carbonyl (C=O) groups is 1. The van der Waals surface area contributed by atoms with Gasteiger partial charge in [0.15, 0.2) is 0 Å². The lowest BCUT2D eigenvalue weighted by atomic mass is 10.2. The maximum Gasteiger partial charge on any atom is 0.259 e. The molecule has 0 fully saturated rings. The first-order chi connectivity index (χ1) is 7.27. The largest absolute Gasteiger partial charge is 0.494 e. The molecule has 1 amide bonds. The lowest BCUT2D eigenvalue weighted by Gasteiger charge is -2.05. The molecule has 0 spiro atoms. The molecule has 82 valence electrons. The minimum atomic E-state index is -0.0873. The van der Waals surface area contributed by atoms with Crippen LogP contribution in [0.4, 0.5) is 0 Å². The van der Waals surface area contributed by atoms with Gasteiger partial charge in [-0.1, -0.05) is 13.3 Å². The van der Waals surface area contributed by atoms with Crippen LogP contribution in [0.2, 0.25) is 0 Å². The molecule has 15 heavy (non-hydrogen) atoms. The molecular weight excluding hydrogens is 305 g/mol. The Bertz CT molecular complexity index is 311. The highest BCUT2D eigenvalue weighted by Gasteiger charge is 2.02. The fourth-order valence-corrected chi connectivity index (χ4v) is 1.40. The van der Waals surface area contributed by atoms with Crippen molar-refractivity contribution in [3.05, 3.63) is 29.8 Å². The predicted molar refractivity (Wildman–Crippen MR) is 68.3 cm³/mol. The number of rotatable bonds is 5. The minimum absolute atomic E-state index is 0.0873. The molecule has 1 N–H and O–H groups in total. The van der Waals surface area contributed by atoms with Gasteiger partial charge in [0.25, 0.3) is 5.91 Å². The maximum absolute atomic E-state index is 11.2. The van der Waals surface area contributed by atoms with E-state index in [4.69, 9.17) is 4.74 Å². The quantitative estimate of drug-likeness (QED) is 0.515. The summed E-state index contributed by atoms with van der Waals surface area (Å²) in [5.74, 6) is 0.726. The Kier molecular flexibility index (Phi) is 5.45. The lowest BCUT2D eigenvalue weighted by molar-refractivity contribution is 0.0989. The molecule has 0 bridgehead atoms. The van der Waals surface area contributed by atoms with E-state index in [9.17, 15) is 4.79 Å². The van der Waals surface area contributed by atoms with Gasteiger partial charge in [-0.3, -0.25) is 8.32 Å². The molecule has 0 radical (unpaired) electrons. The van der Waals surface area contributed by atoms with E-state index in [0.29, 0.717) is 5.56 Å². The fourth-order valence-electron chi connectivity index (χ4n) is 1.09. The maximum atomic E-state index is 11.2. The molecule has 0 aliphatic rings. The molecule has 0 unspecified atom stereocenters. The Balaban J connectivity index is 2.52. The van der Waals surface area contributed by atoms with Gasteiger partial charge in [0.05, 0.1) is 29.5 Å². The highest BCUT2D eigenvalue weighted by molar-refractivity contribution is 14.1. The SMILES string of the molecule is CCCCOc1ccc(C(=O)NI)cc1. The van der Waals surface area contributed by atoms with E-state index >= 15 is 0 Å². The van der Waals surface area contributed by atoms with Crippen molar-refractivity contribution < 1.29 is 9.53 Å². The zero-order chi connectivity index (χ0) is 11.1. The van der Waals surface area contributed by atoms with Crippen molar-refractivity contribution in [3.63, 3.8) is 0 Å². The monoisotopic (exact) mass is 319 g/mol. The van der Waals surface area contributed by atoms with E-state index < -0.39 is 0 Å². The van der Waals surface area contributed by atoms with Gasteiger partial charge in [-0.2, -0.15) is 0 Å². The second kappa shape index (κ2) is 6.66. The average molecular weight is 319 g/mol. The number of halogens is 1. The van der Waals surface area contributed by atoms with Gasteiger partial charge in [-0.15, -0.1) is 0 Å². The number of benzene rings is 1. The summed E-state index contributed by atoms with van der Waals surface area (Å²) in [6, 6.07) is 7.15. The summed E-state index contributed by atoms with van der Waals surface area (Å²) in [5.41, 5.74) is 0.646. The molecule has 4 heteroatoms. The highest BCUT2D eigenvalue weighted by atomic mass is 127. The Hall–Kier alpha value is -0.780. The zero-order valence-electron chi connectivity index (χ0n) is 8.63. The number of amides is 1. The van der Waals surface area contributed by atoms with Crippen LogP contribution in [0, 0.1) is 0 Å². The first kappa shape index (κ1) is 12.3. The van der Waals surface area contributed by atoms with E-state index in [0.717, 1.165) is 25.2 Å². The Labute approximate surface area is 104 Å². The van der Waals surface area contributed by atoms with Crippen LogP contribution in [0.25, 0.3) is 0 Å². The van der Waals surface area contributed by atoms with Crippen LogP contribution in [0.1, 0.15) is 30.1 Å². The second-order valence-corrected chi connectivity index (χ2v) is 3.69. The topological polar surface area (TPSA) is 38.3 Å². The summed E-state index contributed by atoms with van der Waals surface area (Å²) in [6.07, 6.45) is 2.17. The van der Waals surface area contributed by atoms with E-state index in [1.54, 1.807) is 12.1 Å². The molecule has 0 aromatic heterocycles. The molecule has 3 nitrogen and oxygen atoms in total. The number of carbonyl (C=O) groups excluding carboxylic acids is 1. The summed E-state index contributed by atoms with van der Waals surface area (Å²) in [4.78, 5) is 11.2. The van der Waals surface area contributed by atoms with Crippen LogP contribution >= 0.6 is 22.9 Å². The Morgan fingerprint density at radius 1 is 1.40 bits per heavy atom. The van der Waals surface area contributed by atoms with Gasteiger partial charge >= 0.3 is 0 Å². The first-order valence-electron chi connectivity index (χ1n) is 4.91. The van der Waals surface area contributed by atoms with Crippen molar-refractivity contribution in [2.24, 2.45) is 0 Å². The number of nitrogens with one attached hydrogen (secondary N) is 1. The summed E-state index contributed by atoms with van der Waals surface area (Å²) in [6.45, 7) is 2.85. The van der Waals surface area contributed by atoms with Crippen molar-refractivity contribution in [1.82, 2.24) is 3.53 Å². The van der Waals surface area contributed by atoms with Gasteiger partial charge in [-0.05, 0) is 30.7 Å². The van der Waals surface area contributed by atoms with Gasteiger partial charge < -0.3 is 4.74 Å². The summed E-state index contributed by atoms with van der Waals surface area (Å²) in [5, 5.41) is 0. The molecule has 0 aliphatic heterocycles. The number of unbranched alkanes of at least 4 members (excludes halogenated alkanes) is 1. The van der Waals surface area contributed by atoms with E-state index in [1.807, 2.05) is 35.0 Å². The van der Waals surface area contributed by atoms with Crippen molar-refractivity contribution in [2.75, 3.05) is 6.61 Å². The second-order valence-electron chi connectivity index (χ2n) is 3.15. The normalized spacial score (nSPS) is 9.73. The zero-order valence-corrected chi connectivity index (χ0v) is 10.8. The van der Waals surface area contributed by atoms with Crippen LogP contribution in [0.3, 0.4) is 0 Å². The van der Waals surface area contributed by atoms with E-state index in [-0.39, 0.29) is 5.91 Å². The molecule has 0 saturated heterocycles. The fraction of sp³-hybridized carbons (Fsp3) is 0.364. The van der Waals surface area contributed by atoms with Crippen LogP contribution < -0.4 is 8.27 Å². The third-order valence-electron chi connectivity index (χ3n) is 1.97. The Morgan fingerprint density at radius 2 is 2.07 bits per heavy atom. The van der Waals surface area contributed by atoms with Crippen molar-refractivity contribution in [2.45, 2.75) is 19.8 Å². The van der Waals surface area contributed by atoms with Crippen molar-refractivity contribution >= 4 is 28.8 Å². The van der Waals surface area contributed by atoms with Crippen molar-refractivity contribution in [3.8, 4) is 5.75 Å². The molecule has 0 heterocycles. The smallest absolute Gasteiger partial charge is 0.259 e. The molecule has 1 rings (SSSR count). The van der Waals surface area contributed by atoms with Crippen LogP contribution in [0.5, 0.6) is 5.75 Å². The third-order valence-corrected chi connectivity index (χ3v) is 2.46. The molecule has 1 aromatic rings. The number of ether oxygens (including phenoxy) is 1. The first-order valence-corrected chi connectivity index (χ1v) is 5.99. The number of hydrogen-bond donors (Lipinski definition) is 1. The number of hydrogen-bond acceptors (Lipinski definition) is 2.